The lowest BCUT2D eigenvalue weighted by molar-refractivity contribution is 0.0876. The highest BCUT2D eigenvalue weighted by molar-refractivity contribution is 6.76. The molecular weight excluding hydrogens is 338 g/mol. The van der Waals surface area contributed by atoms with Gasteiger partial charge >= 0.3 is 6.09 Å². The molecule has 0 saturated carbocycles. The molecule has 0 bridgehead atoms. The zero-order valence-electron chi connectivity index (χ0n) is 15.1. The number of amides is 1. The minimum atomic E-state index is -1.16. The van der Waals surface area contributed by atoms with Crippen molar-refractivity contribution < 1.29 is 19.7 Å². The van der Waals surface area contributed by atoms with Crippen LogP contribution in [0.15, 0.2) is 18.2 Å². The zero-order valence-corrected chi connectivity index (χ0v) is 16.1. The van der Waals surface area contributed by atoms with Crippen LogP contribution in [-0.4, -0.2) is 47.1 Å². The molecule has 25 heavy (non-hydrogen) atoms. The number of nitrogens with zero attached hydrogens (tertiary/aromatic N) is 2. The Kier molecular flexibility index (Phi) is 6.57. The highest BCUT2D eigenvalue weighted by Crippen LogP contribution is 2.21. The van der Waals surface area contributed by atoms with Crippen molar-refractivity contribution in [3.63, 3.8) is 0 Å². The smallest absolute Gasteiger partial charge is 0.405 e. The van der Waals surface area contributed by atoms with Gasteiger partial charge in [0.1, 0.15) is 12.6 Å². The number of aliphatic hydroxyl groups is 1. The minimum absolute atomic E-state index is 0.0430. The van der Waals surface area contributed by atoms with Crippen LogP contribution in [-0.2, 0) is 24.4 Å². The van der Waals surface area contributed by atoms with Gasteiger partial charge in [0.25, 0.3) is 0 Å². The molecular formula is C17H27N3O4Si. The topological polar surface area (TPSA) is 96.6 Å². The number of hydrogen-bond acceptors (Lipinski definition) is 4. The first kappa shape index (κ1) is 19.4. The highest BCUT2D eigenvalue weighted by Gasteiger charge is 2.16. The van der Waals surface area contributed by atoms with E-state index < -0.39 is 14.2 Å². The van der Waals surface area contributed by atoms with Gasteiger partial charge in [-0.1, -0.05) is 31.8 Å². The summed E-state index contributed by atoms with van der Waals surface area (Å²) in [6.07, 6.45) is -0.578. The van der Waals surface area contributed by atoms with Gasteiger partial charge in [-0.05, 0) is 24.1 Å². The third-order valence-electron chi connectivity index (χ3n) is 3.94. The molecule has 0 aliphatic heterocycles. The Morgan fingerprint density at radius 3 is 2.76 bits per heavy atom. The van der Waals surface area contributed by atoms with Gasteiger partial charge in [0.2, 0.25) is 0 Å². The van der Waals surface area contributed by atoms with Crippen molar-refractivity contribution in [3.05, 3.63) is 29.6 Å². The number of carbonyl (C=O) groups is 1. The SMILES string of the molecule is C[Si](C)(C)CCOCn1c(CNC(=O)O)nc2c(CCO)cccc21. The first-order chi connectivity index (χ1) is 11.8. The number of nitrogens with one attached hydrogen (secondary N) is 1. The number of rotatable bonds is 9. The maximum absolute atomic E-state index is 10.8. The van der Waals surface area contributed by atoms with Crippen LogP contribution in [0.25, 0.3) is 11.0 Å². The van der Waals surface area contributed by atoms with Crippen molar-refractivity contribution >= 4 is 25.2 Å². The maximum atomic E-state index is 10.8. The molecule has 0 aliphatic rings. The Balaban J connectivity index is 2.25. The van der Waals surface area contributed by atoms with Gasteiger partial charge in [0.15, 0.2) is 0 Å². The molecule has 0 aliphatic carbocycles. The van der Waals surface area contributed by atoms with Gasteiger partial charge in [0.05, 0.1) is 17.6 Å². The number of imidazole rings is 1. The van der Waals surface area contributed by atoms with Gasteiger partial charge in [-0.3, -0.25) is 0 Å². The summed E-state index contributed by atoms with van der Waals surface area (Å²) in [5.74, 6) is 0.607. The number of hydrogen-bond donors (Lipinski definition) is 3. The monoisotopic (exact) mass is 365 g/mol. The summed E-state index contributed by atoms with van der Waals surface area (Å²) in [6.45, 7) is 8.06. The van der Waals surface area contributed by atoms with E-state index in [0.717, 1.165) is 22.6 Å². The number of ether oxygens (including phenoxy) is 1. The lowest BCUT2D eigenvalue weighted by Crippen LogP contribution is -2.24. The first-order valence-corrected chi connectivity index (χ1v) is 12.1. The van der Waals surface area contributed by atoms with Crippen molar-refractivity contribution in [3.8, 4) is 0 Å². The summed E-state index contributed by atoms with van der Waals surface area (Å²) in [5, 5.41) is 20.5. The molecule has 0 radical (unpaired) electrons. The average molecular weight is 366 g/mol. The number of aliphatic hydroxyl groups excluding tert-OH is 1. The molecule has 7 nitrogen and oxygen atoms in total. The Labute approximate surface area is 148 Å². The average Bonchev–Trinajstić information content (AvgIpc) is 2.88. The number of para-hydroxylation sites is 1. The van der Waals surface area contributed by atoms with Gasteiger partial charge < -0.3 is 24.8 Å². The zero-order chi connectivity index (χ0) is 18.4. The van der Waals surface area contributed by atoms with E-state index in [1.807, 2.05) is 22.8 Å². The summed E-state index contributed by atoms with van der Waals surface area (Å²) in [6, 6.07) is 6.85. The van der Waals surface area contributed by atoms with Crippen molar-refractivity contribution in [1.29, 1.82) is 0 Å². The van der Waals surface area contributed by atoms with Crippen LogP contribution in [0.3, 0.4) is 0 Å². The summed E-state index contributed by atoms with van der Waals surface area (Å²) >= 11 is 0. The Hall–Kier alpha value is -1.90. The molecule has 3 N–H and O–H groups in total. The number of aromatic nitrogens is 2. The molecule has 1 heterocycles. The lowest BCUT2D eigenvalue weighted by Gasteiger charge is -2.16. The van der Waals surface area contributed by atoms with Crippen LogP contribution in [0.4, 0.5) is 4.79 Å². The molecule has 0 atom stereocenters. The fourth-order valence-corrected chi connectivity index (χ4v) is 3.30. The molecule has 2 aromatic rings. The molecule has 1 amide bonds. The van der Waals surface area contributed by atoms with Crippen molar-refractivity contribution in [2.45, 2.75) is 45.4 Å². The van der Waals surface area contributed by atoms with E-state index in [1.54, 1.807) is 0 Å². The Morgan fingerprint density at radius 2 is 2.12 bits per heavy atom. The van der Waals surface area contributed by atoms with Gasteiger partial charge in [-0.2, -0.15) is 0 Å². The molecule has 1 aromatic carbocycles. The summed E-state index contributed by atoms with van der Waals surface area (Å²) < 4.78 is 7.74. The van der Waals surface area contributed by atoms with Crippen LogP contribution in [0.2, 0.25) is 25.7 Å². The lowest BCUT2D eigenvalue weighted by atomic mass is 10.1. The standard InChI is InChI=1S/C17H27N3O4Si/c1-25(2,3)10-9-24-12-20-14-6-4-5-13(7-8-21)16(14)19-15(20)11-18-17(22)23/h4-6,18,21H,7-12H2,1-3H3,(H,22,23). The van der Waals surface area contributed by atoms with Crippen LogP contribution in [0, 0.1) is 0 Å². The number of carboxylic acid groups (broad SMARTS) is 1. The molecule has 8 heteroatoms. The van der Waals surface area contributed by atoms with Crippen LogP contribution < -0.4 is 5.32 Å². The Bertz CT molecular complexity index is 724. The van der Waals surface area contributed by atoms with E-state index >= 15 is 0 Å². The van der Waals surface area contributed by atoms with Crippen molar-refractivity contribution in [2.75, 3.05) is 13.2 Å². The minimum Gasteiger partial charge on any atom is -0.465 e. The van der Waals surface area contributed by atoms with Crippen molar-refractivity contribution in [2.24, 2.45) is 0 Å². The molecule has 1 aromatic heterocycles. The summed E-state index contributed by atoms with van der Waals surface area (Å²) in [7, 11) is -1.16. The number of fused-ring (bicyclic) bond motifs is 1. The molecule has 138 valence electrons. The maximum Gasteiger partial charge on any atom is 0.405 e. The van der Waals surface area contributed by atoms with Gasteiger partial charge in [-0.25, -0.2) is 9.78 Å². The van der Waals surface area contributed by atoms with Gasteiger partial charge in [0, 0.05) is 21.3 Å². The summed E-state index contributed by atoms with van der Waals surface area (Å²) in [5.41, 5.74) is 2.62. The molecule has 0 fully saturated rings. The second-order valence-corrected chi connectivity index (χ2v) is 12.8. The van der Waals surface area contributed by atoms with Crippen LogP contribution >= 0.6 is 0 Å². The second-order valence-electron chi connectivity index (χ2n) is 7.22. The third kappa shape index (κ3) is 5.55. The van der Waals surface area contributed by atoms with Crippen LogP contribution in [0.5, 0.6) is 0 Å². The van der Waals surface area contributed by atoms with E-state index in [2.05, 4.69) is 29.9 Å². The fourth-order valence-electron chi connectivity index (χ4n) is 2.54. The molecule has 2 rings (SSSR count). The number of benzene rings is 1. The first-order valence-electron chi connectivity index (χ1n) is 8.44. The van der Waals surface area contributed by atoms with Crippen LogP contribution in [0.1, 0.15) is 11.4 Å². The van der Waals surface area contributed by atoms with E-state index in [1.165, 1.54) is 0 Å². The molecule has 0 unspecified atom stereocenters. The van der Waals surface area contributed by atoms with E-state index in [9.17, 15) is 9.90 Å². The summed E-state index contributed by atoms with van der Waals surface area (Å²) in [4.78, 5) is 15.4. The Morgan fingerprint density at radius 1 is 1.36 bits per heavy atom. The highest BCUT2D eigenvalue weighted by atomic mass is 28.3. The second kappa shape index (κ2) is 8.46. The van der Waals surface area contributed by atoms with E-state index in [0.29, 0.717) is 25.6 Å². The fraction of sp³-hybridized carbons (Fsp3) is 0.529. The molecule has 0 saturated heterocycles. The predicted octanol–water partition coefficient (Wildman–Crippen LogP) is 2.65. The predicted molar refractivity (Wildman–Crippen MR) is 99.5 cm³/mol. The van der Waals surface area contributed by atoms with Crippen molar-refractivity contribution in [1.82, 2.24) is 14.9 Å². The van der Waals surface area contributed by atoms with E-state index in [-0.39, 0.29) is 13.2 Å². The normalized spacial score (nSPS) is 11.8. The quantitative estimate of drug-likeness (QED) is 0.469. The van der Waals surface area contributed by atoms with E-state index in [4.69, 9.17) is 9.84 Å². The third-order valence-corrected chi connectivity index (χ3v) is 5.64. The van der Waals surface area contributed by atoms with Gasteiger partial charge in [-0.15, -0.1) is 0 Å². The largest absolute Gasteiger partial charge is 0.465 e. The molecule has 0 spiro atoms.